The molecule has 1 saturated heterocycles. The SMILES string of the molecule is CC[C@H](C)Oc1ccc(/C=C2\SC(=Nc3ccccc3)N(CCOC)C2=O)cc1Cl. The van der Waals surface area contributed by atoms with Crippen LogP contribution in [0.4, 0.5) is 5.69 Å². The van der Waals surface area contributed by atoms with E-state index >= 15 is 0 Å². The van der Waals surface area contributed by atoms with Crippen molar-refractivity contribution in [3.05, 3.63) is 64.0 Å². The highest BCUT2D eigenvalue weighted by atomic mass is 35.5. The summed E-state index contributed by atoms with van der Waals surface area (Å²) in [4.78, 5) is 19.9. The molecule has 1 aliphatic rings. The fourth-order valence-electron chi connectivity index (χ4n) is 2.74. The zero-order valence-electron chi connectivity index (χ0n) is 17.3. The summed E-state index contributed by atoms with van der Waals surface area (Å²) >= 11 is 7.74. The summed E-state index contributed by atoms with van der Waals surface area (Å²) in [6.45, 7) is 4.93. The second kappa shape index (κ2) is 10.7. The Hall–Kier alpha value is -2.28. The van der Waals surface area contributed by atoms with Crippen molar-refractivity contribution in [2.24, 2.45) is 4.99 Å². The molecule has 0 radical (unpaired) electrons. The lowest BCUT2D eigenvalue weighted by atomic mass is 10.2. The first-order valence-electron chi connectivity index (χ1n) is 9.82. The van der Waals surface area contributed by atoms with Crippen LogP contribution < -0.4 is 4.74 Å². The third-order valence-electron chi connectivity index (χ3n) is 4.54. The van der Waals surface area contributed by atoms with E-state index in [1.807, 2.05) is 61.5 Å². The Balaban J connectivity index is 1.86. The Morgan fingerprint density at radius 3 is 2.67 bits per heavy atom. The molecule has 0 spiro atoms. The first kappa shape index (κ1) is 22.4. The number of halogens is 1. The number of amidine groups is 1. The van der Waals surface area contributed by atoms with E-state index in [1.165, 1.54) is 11.8 Å². The molecule has 1 heterocycles. The minimum Gasteiger partial charge on any atom is -0.489 e. The summed E-state index contributed by atoms with van der Waals surface area (Å²) in [6, 6.07) is 15.1. The summed E-state index contributed by atoms with van der Waals surface area (Å²) in [7, 11) is 1.61. The Labute approximate surface area is 186 Å². The Bertz CT molecular complexity index is 947. The Morgan fingerprint density at radius 2 is 2.00 bits per heavy atom. The monoisotopic (exact) mass is 444 g/mol. The average molecular weight is 445 g/mol. The van der Waals surface area contributed by atoms with Crippen molar-refractivity contribution in [3.63, 3.8) is 0 Å². The molecule has 7 heteroatoms. The van der Waals surface area contributed by atoms with Gasteiger partial charge in [-0.15, -0.1) is 0 Å². The molecule has 158 valence electrons. The van der Waals surface area contributed by atoms with Crippen LogP contribution in [-0.2, 0) is 9.53 Å². The van der Waals surface area contributed by atoms with E-state index < -0.39 is 0 Å². The van der Waals surface area contributed by atoms with E-state index in [2.05, 4.69) is 11.9 Å². The van der Waals surface area contributed by atoms with Crippen LogP contribution in [0.3, 0.4) is 0 Å². The quantitative estimate of drug-likeness (QED) is 0.485. The Kier molecular flexibility index (Phi) is 7.96. The standard InChI is InChI=1S/C23H25ClN2O3S/c1-4-16(2)29-20-11-10-17(14-19(20)24)15-21-22(27)26(12-13-28-3)23(30-21)25-18-8-6-5-7-9-18/h5-11,14-16H,4,12-13H2,1-3H3/b21-15-,25-23?/t16-/m0/s1. The summed E-state index contributed by atoms with van der Waals surface area (Å²) < 4.78 is 11.0. The van der Waals surface area contributed by atoms with E-state index in [4.69, 9.17) is 21.1 Å². The van der Waals surface area contributed by atoms with Gasteiger partial charge in [0, 0.05) is 7.11 Å². The van der Waals surface area contributed by atoms with Crippen molar-refractivity contribution in [2.75, 3.05) is 20.3 Å². The minimum absolute atomic E-state index is 0.0877. The number of ether oxygens (including phenoxy) is 2. The van der Waals surface area contributed by atoms with Gasteiger partial charge in [0.15, 0.2) is 5.17 Å². The fraction of sp³-hybridized carbons (Fsp3) is 0.304. The van der Waals surface area contributed by atoms with Gasteiger partial charge in [-0.1, -0.05) is 42.8 Å². The van der Waals surface area contributed by atoms with Crippen LogP contribution in [0, 0.1) is 0 Å². The van der Waals surface area contributed by atoms with Crippen molar-refractivity contribution >= 4 is 46.2 Å². The lowest BCUT2D eigenvalue weighted by molar-refractivity contribution is -0.122. The molecule has 0 bridgehead atoms. The number of methoxy groups -OCH3 is 1. The molecule has 30 heavy (non-hydrogen) atoms. The molecular formula is C23H25ClN2O3S. The molecular weight excluding hydrogens is 420 g/mol. The smallest absolute Gasteiger partial charge is 0.266 e. The number of benzene rings is 2. The number of carbonyl (C=O) groups excluding carboxylic acids is 1. The molecule has 0 N–H and O–H groups in total. The molecule has 0 aliphatic carbocycles. The molecule has 0 saturated carbocycles. The van der Waals surface area contributed by atoms with Gasteiger partial charge in [-0.2, -0.15) is 0 Å². The van der Waals surface area contributed by atoms with Crippen LogP contribution in [0.5, 0.6) is 5.75 Å². The van der Waals surface area contributed by atoms with E-state index in [0.717, 1.165) is 17.7 Å². The third-order valence-corrected chi connectivity index (χ3v) is 5.85. The molecule has 1 aliphatic heterocycles. The second-order valence-corrected chi connectivity index (χ2v) is 8.23. The van der Waals surface area contributed by atoms with Gasteiger partial charge in [0.25, 0.3) is 5.91 Å². The first-order chi connectivity index (χ1) is 14.5. The van der Waals surface area contributed by atoms with Crippen LogP contribution in [0.15, 0.2) is 58.4 Å². The van der Waals surface area contributed by atoms with Crippen LogP contribution in [0.25, 0.3) is 6.08 Å². The molecule has 2 aromatic carbocycles. The molecule has 2 aromatic rings. The lowest BCUT2D eigenvalue weighted by Crippen LogP contribution is -2.32. The molecule has 1 fully saturated rings. The maximum absolute atomic E-state index is 13.0. The number of aliphatic imine (C=N–C) groups is 1. The van der Waals surface area contributed by atoms with Crippen molar-refractivity contribution in [2.45, 2.75) is 26.4 Å². The van der Waals surface area contributed by atoms with E-state index in [9.17, 15) is 4.79 Å². The van der Waals surface area contributed by atoms with Gasteiger partial charge in [-0.25, -0.2) is 4.99 Å². The van der Waals surface area contributed by atoms with E-state index in [-0.39, 0.29) is 12.0 Å². The fourth-order valence-corrected chi connectivity index (χ4v) is 4.00. The van der Waals surface area contributed by atoms with Gasteiger partial charge in [0.2, 0.25) is 0 Å². The number of thioether (sulfide) groups is 1. The number of carbonyl (C=O) groups is 1. The second-order valence-electron chi connectivity index (χ2n) is 6.82. The van der Waals surface area contributed by atoms with Crippen LogP contribution in [0.1, 0.15) is 25.8 Å². The zero-order chi connectivity index (χ0) is 21.5. The van der Waals surface area contributed by atoms with Gasteiger partial charge >= 0.3 is 0 Å². The summed E-state index contributed by atoms with van der Waals surface area (Å²) in [5, 5.41) is 1.16. The number of hydrogen-bond donors (Lipinski definition) is 0. The van der Waals surface area contributed by atoms with Crippen molar-refractivity contribution in [1.82, 2.24) is 4.90 Å². The zero-order valence-corrected chi connectivity index (χ0v) is 18.9. The molecule has 5 nitrogen and oxygen atoms in total. The summed E-state index contributed by atoms with van der Waals surface area (Å²) in [6.07, 6.45) is 2.82. The molecule has 1 amide bonds. The summed E-state index contributed by atoms with van der Waals surface area (Å²) in [5.74, 6) is 0.550. The van der Waals surface area contributed by atoms with Gasteiger partial charge in [-0.3, -0.25) is 9.69 Å². The molecule has 3 rings (SSSR count). The third kappa shape index (κ3) is 5.65. The predicted octanol–water partition coefficient (Wildman–Crippen LogP) is 5.77. The highest BCUT2D eigenvalue weighted by Crippen LogP contribution is 2.35. The summed E-state index contributed by atoms with van der Waals surface area (Å²) in [5.41, 5.74) is 1.63. The van der Waals surface area contributed by atoms with Crippen LogP contribution >= 0.6 is 23.4 Å². The van der Waals surface area contributed by atoms with Crippen molar-refractivity contribution in [1.29, 1.82) is 0 Å². The first-order valence-corrected chi connectivity index (χ1v) is 11.0. The maximum Gasteiger partial charge on any atom is 0.266 e. The molecule has 0 unspecified atom stereocenters. The van der Waals surface area contributed by atoms with Crippen molar-refractivity contribution in [3.8, 4) is 5.75 Å². The number of para-hydroxylation sites is 1. The normalized spacial score (nSPS) is 17.7. The minimum atomic E-state index is -0.0946. The lowest BCUT2D eigenvalue weighted by Gasteiger charge is -2.14. The van der Waals surface area contributed by atoms with Crippen LogP contribution in [-0.4, -0.2) is 42.3 Å². The van der Waals surface area contributed by atoms with Crippen molar-refractivity contribution < 1.29 is 14.3 Å². The highest BCUT2D eigenvalue weighted by Gasteiger charge is 2.33. The van der Waals surface area contributed by atoms with Gasteiger partial charge < -0.3 is 9.47 Å². The van der Waals surface area contributed by atoms with Gasteiger partial charge in [0.1, 0.15) is 5.75 Å². The number of hydrogen-bond acceptors (Lipinski definition) is 5. The molecule has 1 atom stereocenters. The van der Waals surface area contributed by atoms with E-state index in [1.54, 1.807) is 12.0 Å². The topological polar surface area (TPSA) is 51.1 Å². The molecule has 0 aromatic heterocycles. The number of rotatable bonds is 8. The number of nitrogens with zero attached hydrogens (tertiary/aromatic N) is 2. The van der Waals surface area contributed by atoms with Gasteiger partial charge in [0.05, 0.1) is 34.9 Å². The largest absolute Gasteiger partial charge is 0.489 e. The van der Waals surface area contributed by atoms with Crippen LogP contribution in [0.2, 0.25) is 5.02 Å². The highest BCUT2D eigenvalue weighted by molar-refractivity contribution is 8.18. The van der Waals surface area contributed by atoms with Gasteiger partial charge in [-0.05, 0) is 61.0 Å². The number of amides is 1. The average Bonchev–Trinajstić information content (AvgIpc) is 3.03. The van der Waals surface area contributed by atoms with E-state index in [0.29, 0.717) is 34.0 Å². The maximum atomic E-state index is 13.0. The predicted molar refractivity (Wildman–Crippen MR) is 125 cm³/mol. The Morgan fingerprint density at radius 1 is 1.23 bits per heavy atom.